The summed E-state index contributed by atoms with van der Waals surface area (Å²) in [5.41, 5.74) is 1.68. The molecule has 1 aromatic rings. The Kier molecular flexibility index (Phi) is 2.86. The van der Waals surface area contributed by atoms with Crippen molar-refractivity contribution < 1.29 is 5.11 Å². The molecule has 0 aromatic heterocycles. The Morgan fingerprint density at radius 1 is 0.800 bits per heavy atom. The van der Waals surface area contributed by atoms with Crippen LogP contribution in [-0.2, 0) is 10.8 Å². The first kappa shape index (κ1) is 12.1. The lowest BCUT2D eigenvalue weighted by Gasteiger charge is -2.32. The summed E-state index contributed by atoms with van der Waals surface area (Å²) in [5.74, 6) is 0.206. The number of hydrogen-bond acceptors (Lipinski definition) is 1. The van der Waals surface area contributed by atoms with Gasteiger partial charge in [-0.05, 0) is 10.8 Å². The molecule has 0 aliphatic carbocycles. The van der Waals surface area contributed by atoms with Gasteiger partial charge in [-0.15, -0.1) is 5.75 Å². The van der Waals surface area contributed by atoms with Gasteiger partial charge in [-0.2, -0.15) is 0 Å². The fraction of sp³-hybridized carbons (Fsp3) is 0.571. The van der Waals surface area contributed by atoms with Crippen molar-refractivity contribution in [3.63, 3.8) is 0 Å². The number of para-hydroxylation sites is 1. The molecular weight excluding hydrogens is 184 g/mol. The van der Waals surface area contributed by atoms with Gasteiger partial charge in [0.15, 0.2) is 0 Å². The van der Waals surface area contributed by atoms with Crippen molar-refractivity contribution >= 4 is 0 Å². The second-order valence-corrected chi connectivity index (χ2v) is 6.18. The zero-order chi connectivity index (χ0) is 11.9. The molecule has 0 unspecified atom stereocenters. The minimum Gasteiger partial charge on any atom is -0.872 e. The SMILES string of the molecule is CC(C)(C)c1cccc(C(C)(C)C)c1[O-]. The zero-order valence-corrected chi connectivity index (χ0v) is 10.6. The van der Waals surface area contributed by atoms with Gasteiger partial charge in [0.2, 0.25) is 0 Å². The lowest BCUT2D eigenvalue weighted by atomic mass is 9.80. The molecule has 0 amide bonds. The van der Waals surface area contributed by atoms with Gasteiger partial charge >= 0.3 is 0 Å². The summed E-state index contributed by atoms with van der Waals surface area (Å²) in [7, 11) is 0. The summed E-state index contributed by atoms with van der Waals surface area (Å²) in [5, 5.41) is 12.3. The molecular formula is C14H21O-. The zero-order valence-electron chi connectivity index (χ0n) is 10.6. The summed E-state index contributed by atoms with van der Waals surface area (Å²) in [6.45, 7) is 12.5. The van der Waals surface area contributed by atoms with E-state index < -0.39 is 0 Å². The van der Waals surface area contributed by atoms with Crippen LogP contribution in [0.2, 0.25) is 0 Å². The Morgan fingerprint density at radius 2 is 1.13 bits per heavy atom. The first-order chi connectivity index (χ1) is 6.64. The van der Waals surface area contributed by atoms with Gasteiger partial charge in [-0.25, -0.2) is 0 Å². The Bertz CT molecular complexity index is 318. The van der Waals surface area contributed by atoms with Crippen LogP contribution in [0, 0.1) is 0 Å². The van der Waals surface area contributed by atoms with E-state index in [1.807, 2.05) is 18.2 Å². The average Bonchev–Trinajstić information content (AvgIpc) is 1.99. The first-order valence-corrected chi connectivity index (χ1v) is 5.45. The number of rotatable bonds is 0. The van der Waals surface area contributed by atoms with Crippen molar-refractivity contribution in [1.29, 1.82) is 0 Å². The van der Waals surface area contributed by atoms with Crippen molar-refractivity contribution in [3.8, 4) is 5.75 Å². The van der Waals surface area contributed by atoms with Gasteiger partial charge in [-0.1, -0.05) is 70.9 Å². The monoisotopic (exact) mass is 205 g/mol. The molecule has 0 atom stereocenters. The van der Waals surface area contributed by atoms with E-state index in [9.17, 15) is 5.11 Å². The van der Waals surface area contributed by atoms with Gasteiger partial charge in [0, 0.05) is 0 Å². The Labute approximate surface area is 93.1 Å². The first-order valence-electron chi connectivity index (χ1n) is 5.45. The van der Waals surface area contributed by atoms with Crippen molar-refractivity contribution in [1.82, 2.24) is 0 Å². The third-order valence-electron chi connectivity index (χ3n) is 2.63. The lowest BCUT2D eigenvalue weighted by molar-refractivity contribution is -0.271. The summed E-state index contributed by atoms with van der Waals surface area (Å²) >= 11 is 0. The normalized spacial score (nSPS) is 12.9. The molecule has 0 saturated carbocycles. The van der Waals surface area contributed by atoms with Crippen LogP contribution < -0.4 is 5.11 Å². The van der Waals surface area contributed by atoms with Crippen LogP contribution in [0.5, 0.6) is 5.75 Å². The lowest BCUT2D eigenvalue weighted by Crippen LogP contribution is -2.20. The highest BCUT2D eigenvalue weighted by Crippen LogP contribution is 2.36. The molecule has 0 radical (unpaired) electrons. The molecule has 1 aromatic carbocycles. The summed E-state index contributed by atoms with van der Waals surface area (Å²) < 4.78 is 0. The summed E-state index contributed by atoms with van der Waals surface area (Å²) in [6.07, 6.45) is 0. The van der Waals surface area contributed by atoms with Crippen molar-refractivity contribution in [2.75, 3.05) is 0 Å². The van der Waals surface area contributed by atoms with Gasteiger partial charge in [0.05, 0.1) is 0 Å². The van der Waals surface area contributed by atoms with Crippen LogP contribution in [0.25, 0.3) is 0 Å². The maximum atomic E-state index is 12.3. The standard InChI is InChI=1S/C14H22O/c1-13(2,3)10-8-7-9-11(12(10)15)14(4,5)6/h7-9,15H,1-6H3/p-1. The summed E-state index contributed by atoms with van der Waals surface area (Å²) in [6, 6.07) is 5.87. The van der Waals surface area contributed by atoms with Crippen molar-refractivity contribution in [2.24, 2.45) is 0 Å². The molecule has 84 valence electrons. The minimum absolute atomic E-state index is 0.0711. The molecule has 1 rings (SSSR count). The van der Waals surface area contributed by atoms with E-state index in [-0.39, 0.29) is 16.6 Å². The molecule has 1 nitrogen and oxygen atoms in total. The number of benzene rings is 1. The Morgan fingerprint density at radius 3 is 1.40 bits per heavy atom. The average molecular weight is 205 g/mol. The van der Waals surface area contributed by atoms with Crippen LogP contribution in [0.15, 0.2) is 18.2 Å². The van der Waals surface area contributed by atoms with Crippen LogP contribution >= 0.6 is 0 Å². The molecule has 0 saturated heterocycles. The molecule has 0 spiro atoms. The van der Waals surface area contributed by atoms with E-state index >= 15 is 0 Å². The molecule has 0 heterocycles. The predicted molar refractivity (Wildman–Crippen MR) is 63.3 cm³/mol. The highest BCUT2D eigenvalue weighted by Gasteiger charge is 2.20. The van der Waals surface area contributed by atoms with Gasteiger partial charge in [0.1, 0.15) is 0 Å². The minimum atomic E-state index is -0.0711. The molecule has 1 heteroatoms. The van der Waals surface area contributed by atoms with E-state index in [2.05, 4.69) is 41.5 Å². The topological polar surface area (TPSA) is 23.1 Å². The van der Waals surface area contributed by atoms with Crippen LogP contribution in [0.4, 0.5) is 0 Å². The van der Waals surface area contributed by atoms with Crippen LogP contribution in [0.3, 0.4) is 0 Å². The fourth-order valence-electron chi connectivity index (χ4n) is 1.72. The van der Waals surface area contributed by atoms with Crippen LogP contribution in [-0.4, -0.2) is 0 Å². The summed E-state index contributed by atoms with van der Waals surface area (Å²) in [4.78, 5) is 0. The highest BCUT2D eigenvalue weighted by atomic mass is 16.3. The van der Waals surface area contributed by atoms with E-state index in [1.54, 1.807) is 0 Å². The van der Waals surface area contributed by atoms with Gasteiger partial charge in [-0.3, -0.25) is 0 Å². The molecule has 15 heavy (non-hydrogen) atoms. The third kappa shape index (κ3) is 2.53. The molecule has 0 bridgehead atoms. The predicted octanol–water partition coefficient (Wildman–Crippen LogP) is 3.36. The Hall–Kier alpha value is -0.980. The molecule has 0 aliphatic rings. The third-order valence-corrected chi connectivity index (χ3v) is 2.63. The van der Waals surface area contributed by atoms with Crippen LogP contribution in [0.1, 0.15) is 52.7 Å². The van der Waals surface area contributed by atoms with E-state index in [0.717, 1.165) is 11.1 Å². The molecule has 0 fully saturated rings. The highest BCUT2D eigenvalue weighted by molar-refractivity contribution is 5.46. The Balaban J connectivity index is 3.37. The maximum Gasteiger partial charge on any atom is -0.0138 e. The smallest absolute Gasteiger partial charge is 0.0138 e. The quantitative estimate of drug-likeness (QED) is 0.637. The fourth-order valence-corrected chi connectivity index (χ4v) is 1.72. The second kappa shape index (κ2) is 3.55. The maximum absolute atomic E-state index is 12.3. The van der Waals surface area contributed by atoms with Crippen molar-refractivity contribution in [2.45, 2.75) is 52.4 Å². The van der Waals surface area contributed by atoms with E-state index in [0.29, 0.717) is 0 Å². The molecule has 0 N–H and O–H groups in total. The second-order valence-electron chi connectivity index (χ2n) is 6.18. The number of hydrogen-bond donors (Lipinski definition) is 0. The van der Waals surface area contributed by atoms with E-state index in [4.69, 9.17) is 0 Å². The van der Waals surface area contributed by atoms with E-state index in [1.165, 1.54) is 0 Å². The van der Waals surface area contributed by atoms with Crippen molar-refractivity contribution in [3.05, 3.63) is 29.3 Å². The van der Waals surface area contributed by atoms with Gasteiger partial charge in [0.25, 0.3) is 0 Å². The largest absolute Gasteiger partial charge is 0.872 e. The van der Waals surface area contributed by atoms with Gasteiger partial charge < -0.3 is 5.11 Å². The molecule has 0 aliphatic heterocycles.